The van der Waals surface area contributed by atoms with Gasteiger partial charge in [-0.3, -0.25) is 14.5 Å². The number of hydrogen-bond donors (Lipinski definition) is 2. The molecule has 29 heavy (non-hydrogen) atoms. The summed E-state index contributed by atoms with van der Waals surface area (Å²) in [6.45, 7) is 4.47. The molecular weight excluding hydrogens is 369 g/mol. The van der Waals surface area contributed by atoms with Gasteiger partial charge in [0.05, 0.1) is 17.9 Å². The highest BCUT2D eigenvalue weighted by atomic mass is 16.5. The van der Waals surface area contributed by atoms with Crippen LogP contribution in [0.5, 0.6) is 5.75 Å². The van der Waals surface area contributed by atoms with Gasteiger partial charge in [-0.1, -0.05) is 44.0 Å². The third-order valence-electron chi connectivity index (χ3n) is 6.59. The van der Waals surface area contributed by atoms with E-state index in [0.717, 1.165) is 30.3 Å². The Morgan fingerprint density at radius 2 is 1.90 bits per heavy atom. The number of imide groups is 1. The summed E-state index contributed by atoms with van der Waals surface area (Å²) in [6, 6.07) is 6.92. The van der Waals surface area contributed by atoms with Crippen LogP contribution in [-0.4, -0.2) is 40.5 Å². The molecular formula is C22H28BNO5. The number of nitrogens with zero attached hydrogens (tertiary/aromatic N) is 1. The summed E-state index contributed by atoms with van der Waals surface area (Å²) in [6.07, 6.45) is 2.89. The Bertz CT molecular complexity index is 853. The zero-order chi connectivity index (χ0) is 20.7. The Morgan fingerprint density at radius 3 is 2.59 bits per heavy atom. The van der Waals surface area contributed by atoms with Crippen molar-refractivity contribution in [3.63, 3.8) is 0 Å². The van der Waals surface area contributed by atoms with Gasteiger partial charge >= 0.3 is 7.12 Å². The number of amides is 2. The first kappa shape index (κ1) is 20.2. The molecule has 0 saturated carbocycles. The van der Waals surface area contributed by atoms with Gasteiger partial charge in [-0.15, -0.1) is 0 Å². The lowest BCUT2D eigenvalue weighted by Gasteiger charge is -2.42. The molecule has 2 saturated heterocycles. The largest absolute Gasteiger partial charge is 0.508 e. The van der Waals surface area contributed by atoms with Crippen LogP contribution in [0.4, 0.5) is 0 Å². The second-order valence-electron chi connectivity index (χ2n) is 8.35. The molecule has 2 heterocycles. The third-order valence-corrected chi connectivity index (χ3v) is 6.59. The highest BCUT2D eigenvalue weighted by Crippen LogP contribution is 2.52. The molecule has 3 aliphatic rings. The number of allylic oxidation sites excluding steroid dienone is 2. The van der Waals surface area contributed by atoms with Gasteiger partial charge in [0, 0.05) is 12.1 Å². The van der Waals surface area contributed by atoms with Gasteiger partial charge < -0.3 is 14.8 Å². The minimum atomic E-state index is -1.12. The van der Waals surface area contributed by atoms with E-state index in [-0.39, 0.29) is 29.4 Å². The first-order chi connectivity index (χ1) is 14.0. The molecule has 1 aromatic carbocycles. The van der Waals surface area contributed by atoms with Crippen LogP contribution < -0.4 is 0 Å². The number of rotatable bonds is 5. The van der Waals surface area contributed by atoms with Crippen molar-refractivity contribution < 1.29 is 24.4 Å². The molecule has 2 fully saturated rings. The number of fused-ring (bicyclic) bond motifs is 3. The summed E-state index contributed by atoms with van der Waals surface area (Å²) < 4.78 is 5.91. The van der Waals surface area contributed by atoms with E-state index in [1.54, 1.807) is 18.2 Å². The second kappa shape index (κ2) is 7.96. The highest BCUT2D eigenvalue weighted by Gasteiger charge is 2.57. The summed E-state index contributed by atoms with van der Waals surface area (Å²) in [4.78, 5) is 27.6. The molecule has 2 N–H and O–H groups in total. The standard InChI is InChI=1S/C22H28BNO5/c1-3-7-13-11-16-19(22(27)24(10-4-2)21(16)26)15-12-18(29-23(28)20(13)15)14-8-5-6-9-17(14)25/h5-6,8-9,15-16,18-19,25,28H,3-4,7,10-12H2,1-2H3/t15-,16-,18-,19+/m0/s1. The average molecular weight is 397 g/mol. The first-order valence-electron chi connectivity index (χ1n) is 10.7. The van der Waals surface area contributed by atoms with E-state index in [4.69, 9.17) is 4.65 Å². The molecule has 0 spiro atoms. The van der Waals surface area contributed by atoms with E-state index in [0.29, 0.717) is 24.9 Å². The molecule has 0 aromatic heterocycles. The molecule has 7 heteroatoms. The van der Waals surface area contributed by atoms with Gasteiger partial charge in [-0.2, -0.15) is 0 Å². The molecule has 2 amide bonds. The Labute approximate surface area is 171 Å². The molecule has 1 aliphatic carbocycles. The lowest BCUT2D eigenvalue weighted by Crippen LogP contribution is -2.45. The van der Waals surface area contributed by atoms with Gasteiger partial charge in [0.2, 0.25) is 11.8 Å². The zero-order valence-corrected chi connectivity index (χ0v) is 17.0. The molecule has 4 rings (SSSR count). The summed E-state index contributed by atoms with van der Waals surface area (Å²) in [5.41, 5.74) is 2.45. The predicted octanol–water partition coefficient (Wildman–Crippen LogP) is 3.00. The molecule has 0 bridgehead atoms. The van der Waals surface area contributed by atoms with Crippen molar-refractivity contribution >= 4 is 18.9 Å². The van der Waals surface area contributed by atoms with Crippen LogP contribution in [0.15, 0.2) is 35.3 Å². The van der Waals surface area contributed by atoms with E-state index < -0.39 is 19.1 Å². The van der Waals surface area contributed by atoms with E-state index in [2.05, 4.69) is 6.92 Å². The van der Waals surface area contributed by atoms with E-state index in [1.807, 2.05) is 13.0 Å². The normalized spacial score (nSPS) is 29.3. The third kappa shape index (κ3) is 3.30. The second-order valence-corrected chi connectivity index (χ2v) is 8.35. The van der Waals surface area contributed by atoms with Crippen molar-refractivity contribution in [1.29, 1.82) is 0 Å². The van der Waals surface area contributed by atoms with Crippen molar-refractivity contribution in [2.45, 2.75) is 52.1 Å². The van der Waals surface area contributed by atoms with Gasteiger partial charge in [-0.25, -0.2) is 0 Å². The fourth-order valence-corrected chi connectivity index (χ4v) is 5.42. The fraction of sp³-hybridized carbons (Fsp3) is 0.545. The number of benzene rings is 1. The zero-order valence-electron chi connectivity index (χ0n) is 17.0. The molecule has 6 nitrogen and oxygen atoms in total. The maximum absolute atomic E-state index is 13.2. The van der Waals surface area contributed by atoms with Crippen LogP contribution >= 0.6 is 0 Å². The van der Waals surface area contributed by atoms with Crippen molar-refractivity contribution in [3.05, 3.63) is 40.9 Å². The van der Waals surface area contributed by atoms with Gasteiger partial charge in [0.15, 0.2) is 0 Å². The summed E-state index contributed by atoms with van der Waals surface area (Å²) >= 11 is 0. The Hall–Kier alpha value is -2.12. The highest BCUT2D eigenvalue weighted by molar-refractivity contribution is 6.53. The predicted molar refractivity (Wildman–Crippen MR) is 109 cm³/mol. The molecule has 1 aromatic rings. The Kier molecular flexibility index (Phi) is 5.53. The van der Waals surface area contributed by atoms with Crippen molar-refractivity contribution in [2.75, 3.05) is 6.54 Å². The monoisotopic (exact) mass is 397 g/mol. The smallest absolute Gasteiger partial charge is 0.487 e. The lowest BCUT2D eigenvalue weighted by molar-refractivity contribution is -0.140. The Morgan fingerprint density at radius 1 is 1.14 bits per heavy atom. The van der Waals surface area contributed by atoms with Crippen LogP contribution in [0, 0.1) is 17.8 Å². The molecule has 2 aliphatic heterocycles. The first-order valence-corrected chi connectivity index (χ1v) is 10.7. The van der Waals surface area contributed by atoms with Crippen molar-refractivity contribution in [2.24, 2.45) is 17.8 Å². The van der Waals surface area contributed by atoms with Crippen LogP contribution in [0.3, 0.4) is 0 Å². The minimum Gasteiger partial charge on any atom is -0.508 e. The minimum absolute atomic E-state index is 0.0745. The fourth-order valence-electron chi connectivity index (χ4n) is 5.42. The average Bonchev–Trinajstić information content (AvgIpc) is 2.93. The SMILES string of the molecule is CCCC1=C2B(O)O[C@H](c3ccccc3O)C[C@H]2[C@H]2C(=O)N(CCC)C(=O)[C@H]2C1. The maximum atomic E-state index is 13.2. The van der Waals surface area contributed by atoms with Gasteiger partial charge in [0.1, 0.15) is 5.75 Å². The summed E-state index contributed by atoms with van der Waals surface area (Å²) in [7, 11) is -1.12. The Balaban J connectivity index is 1.74. The quantitative estimate of drug-likeness (QED) is 0.589. The van der Waals surface area contributed by atoms with Crippen LogP contribution in [-0.2, 0) is 14.2 Å². The van der Waals surface area contributed by atoms with Crippen LogP contribution in [0.1, 0.15) is 57.6 Å². The van der Waals surface area contributed by atoms with Crippen molar-refractivity contribution in [1.82, 2.24) is 4.90 Å². The van der Waals surface area contributed by atoms with Crippen molar-refractivity contribution in [3.8, 4) is 5.75 Å². The van der Waals surface area contributed by atoms with Crippen LogP contribution in [0.25, 0.3) is 0 Å². The van der Waals surface area contributed by atoms with E-state index >= 15 is 0 Å². The number of hydrogen-bond acceptors (Lipinski definition) is 5. The summed E-state index contributed by atoms with van der Waals surface area (Å²) in [5, 5.41) is 21.2. The molecule has 154 valence electrons. The topological polar surface area (TPSA) is 87.1 Å². The van der Waals surface area contributed by atoms with Gasteiger partial charge in [-0.05, 0) is 43.1 Å². The lowest BCUT2D eigenvalue weighted by atomic mass is 9.54. The number of carbonyl (C=O) groups excluding carboxylic acids is 2. The molecule has 4 atom stereocenters. The molecule has 0 radical (unpaired) electrons. The number of phenols is 1. The summed E-state index contributed by atoms with van der Waals surface area (Å²) in [5.74, 6) is -1.13. The van der Waals surface area contributed by atoms with E-state index in [1.165, 1.54) is 4.90 Å². The maximum Gasteiger partial charge on any atom is 0.487 e. The number of aromatic hydroxyl groups is 1. The van der Waals surface area contributed by atoms with Crippen LogP contribution in [0.2, 0.25) is 0 Å². The number of phenolic OH excluding ortho intramolecular Hbond substituents is 1. The number of likely N-dealkylation sites (tertiary alicyclic amines) is 1. The molecule has 0 unspecified atom stereocenters. The van der Waals surface area contributed by atoms with Gasteiger partial charge in [0.25, 0.3) is 0 Å². The number of para-hydroxylation sites is 1. The van der Waals surface area contributed by atoms with E-state index in [9.17, 15) is 19.7 Å². The number of carbonyl (C=O) groups is 2.